The lowest BCUT2D eigenvalue weighted by atomic mass is 10.1. The van der Waals surface area contributed by atoms with Gasteiger partial charge in [-0.15, -0.1) is 0 Å². The van der Waals surface area contributed by atoms with E-state index in [4.69, 9.17) is 9.47 Å². The molecule has 23 heavy (non-hydrogen) atoms. The van der Waals surface area contributed by atoms with Crippen LogP contribution in [0.1, 0.15) is 6.42 Å². The molecule has 0 saturated carbocycles. The predicted molar refractivity (Wildman–Crippen MR) is 83.0 cm³/mol. The third-order valence-electron chi connectivity index (χ3n) is 3.50. The number of ether oxygens (including phenoxy) is 2. The Kier molecular flexibility index (Phi) is 4.82. The molecule has 2 aromatic heterocycles. The smallest absolute Gasteiger partial charge is 0.225 e. The highest BCUT2D eigenvalue weighted by Gasteiger charge is 2.28. The van der Waals surface area contributed by atoms with Gasteiger partial charge < -0.3 is 20.1 Å². The van der Waals surface area contributed by atoms with Gasteiger partial charge in [0.25, 0.3) is 0 Å². The van der Waals surface area contributed by atoms with Crippen LogP contribution in [0.25, 0.3) is 0 Å². The van der Waals surface area contributed by atoms with E-state index in [9.17, 15) is 4.39 Å². The number of aromatic nitrogens is 3. The Morgan fingerprint density at radius 1 is 1.35 bits per heavy atom. The van der Waals surface area contributed by atoms with E-state index in [1.165, 1.54) is 0 Å². The number of nitrogens with one attached hydrogen (secondary N) is 2. The Bertz CT molecular complexity index is 643. The van der Waals surface area contributed by atoms with Gasteiger partial charge in [-0.3, -0.25) is 0 Å². The first-order valence-electron chi connectivity index (χ1n) is 7.38. The maximum Gasteiger partial charge on any atom is 0.225 e. The summed E-state index contributed by atoms with van der Waals surface area (Å²) in [5.41, 5.74) is 0. The largest absolute Gasteiger partial charge is 0.472 e. The summed E-state index contributed by atoms with van der Waals surface area (Å²) in [4.78, 5) is 12.2. The van der Waals surface area contributed by atoms with Crippen molar-refractivity contribution in [1.82, 2.24) is 15.0 Å². The molecule has 0 bridgehead atoms. The summed E-state index contributed by atoms with van der Waals surface area (Å²) in [5.74, 6) is 0.517. The van der Waals surface area contributed by atoms with Crippen molar-refractivity contribution in [2.24, 2.45) is 0 Å². The fourth-order valence-corrected chi connectivity index (χ4v) is 2.34. The van der Waals surface area contributed by atoms with E-state index >= 15 is 0 Å². The second-order valence-electron chi connectivity index (χ2n) is 5.08. The molecule has 1 saturated heterocycles. The third-order valence-corrected chi connectivity index (χ3v) is 3.50. The van der Waals surface area contributed by atoms with E-state index in [1.807, 2.05) is 12.1 Å². The van der Waals surface area contributed by atoms with E-state index in [0.29, 0.717) is 31.5 Å². The lowest BCUT2D eigenvalue weighted by Gasteiger charge is -2.32. The monoisotopic (exact) mass is 319 g/mol. The molecule has 1 aliphatic heterocycles. The van der Waals surface area contributed by atoms with Crippen molar-refractivity contribution in [2.45, 2.75) is 18.6 Å². The molecular weight excluding hydrogens is 301 g/mol. The first kappa shape index (κ1) is 15.4. The Morgan fingerprint density at radius 2 is 2.26 bits per heavy atom. The Hall–Kier alpha value is -2.48. The number of hydrogen-bond acceptors (Lipinski definition) is 7. The summed E-state index contributed by atoms with van der Waals surface area (Å²) in [6, 6.07) is 5.35. The molecule has 3 heterocycles. The summed E-state index contributed by atoms with van der Waals surface area (Å²) < 4.78 is 24.9. The number of anilines is 2. The van der Waals surface area contributed by atoms with Gasteiger partial charge >= 0.3 is 0 Å². The first-order valence-corrected chi connectivity index (χ1v) is 7.38. The van der Waals surface area contributed by atoms with E-state index < -0.39 is 5.82 Å². The second-order valence-corrected chi connectivity index (χ2v) is 5.08. The number of nitrogens with zero attached hydrogens (tertiary/aromatic N) is 3. The lowest BCUT2D eigenvalue weighted by molar-refractivity contribution is 0.0128. The van der Waals surface area contributed by atoms with E-state index in [2.05, 4.69) is 25.6 Å². The van der Waals surface area contributed by atoms with Crippen molar-refractivity contribution in [1.29, 1.82) is 0 Å². The molecule has 3 rings (SSSR count). The molecule has 1 aliphatic rings. The van der Waals surface area contributed by atoms with Crippen LogP contribution in [0, 0.1) is 5.82 Å². The second kappa shape index (κ2) is 7.19. The molecule has 2 aromatic rings. The highest BCUT2D eigenvalue weighted by Crippen LogP contribution is 2.19. The average Bonchev–Trinajstić information content (AvgIpc) is 2.59. The van der Waals surface area contributed by atoms with Gasteiger partial charge in [-0.25, -0.2) is 14.4 Å². The van der Waals surface area contributed by atoms with Crippen molar-refractivity contribution in [3.63, 3.8) is 0 Å². The number of pyridine rings is 1. The van der Waals surface area contributed by atoms with Crippen molar-refractivity contribution < 1.29 is 13.9 Å². The van der Waals surface area contributed by atoms with Crippen molar-refractivity contribution >= 4 is 11.8 Å². The fraction of sp³-hybridized carbons (Fsp3) is 0.400. The quantitative estimate of drug-likeness (QED) is 0.868. The molecule has 0 aromatic carbocycles. The molecule has 0 unspecified atom stereocenters. The standard InChI is InChI=1S/C15H18FN5O2/c1-17-14-10(16)8-19-15(21-14)20-11-9-22-7-5-12(11)23-13-4-2-3-6-18-13/h2-4,6,8,11-12H,5,7,9H2,1H3,(H2,17,19,20,21)/t11-,12-/m1/s1. The van der Waals surface area contributed by atoms with Crippen molar-refractivity contribution in [3.8, 4) is 5.88 Å². The zero-order chi connectivity index (χ0) is 16.1. The maximum atomic E-state index is 13.4. The predicted octanol–water partition coefficient (Wildman–Crippen LogP) is 1.70. The van der Waals surface area contributed by atoms with Crippen LogP contribution in [0.4, 0.5) is 16.2 Å². The summed E-state index contributed by atoms with van der Waals surface area (Å²) in [5, 5.41) is 5.83. The SMILES string of the molecule is CNc1nc(N[C@@H]2COCC[C@H]2Oc2ccccn2)ncc1F. The van der Waals surface area contributed by atoms with Gasteiger partial charge in [0, 0.05) is 25.7 Å². The Balaban J connectivity index is 1.71. The number of rotatable bonds is 5. The minimum atomic E-state index is -0.501. The lowest BCUT2D eigenvalue weighted by Crippen LogP contribution is -2.46. The van der Waals surface area contributed by atoms with Gasteiger partial charge in [-0.2, -0.15) is 4.98 Å². The van der Waals surface area contributed by atoms with Crippen LogP contribution >= 0.6 is 0 Å². The van der Waals surface area contributed by atoms with Crippen LogP contribution in [0.3, 0.4) is 0 Å². The Labute approximate surface area is 133 Å². The average molecular weight is 319 g/mol. The minimum absolute atomic E-state index is 0.134. The van der Waals surface area contributed by atoms with Crippen LogP contribution in [0.15, 0.2) is 30.6 Å². The molecule has 2 atom stereocenters. The van der Waals surface area contributed by atoms with Gasteiger partial charge in [0.15, 0.2) is 11.6 Å². The molecule has 7 nitrogen and oxygen atoms in total. The van der Waals surface area contributed by atoms with Gasteiger partial charge in [-0.05, 0) is 6.07 Å². The molecule has 8 heteroatoms. The van der Waals surface area contributed by atoms with Crippen LogP contribution in [-0.2, 0) is 4.74 Å². The van der Waals surface area contributed by atoms with Crippen LogP contribution in [-0.4, -0.2) is 47.4 Å². The zero-order valence-electron chi connectivity index (χ0n) is 12.7. The van der Waals surface area contributed by atoms with Crippen molar-refractivity contribution in [3.05, 3.63) is 36.4 Å². The molecular formula is C15H18FN5O2. The minimum Gasteiger partial charge on any atom is -0.472 e. The fourth-order valence-electron chi connectivity index (χ4n) is 2.34. The van der Waals surface area contributed by atoms with E-state index in [1.54, 1.807) is 19.3 Å². The summed E-state index contributed by atoms with van der Waals surface area (Å²) in [6.45, 7) is 1.06. The summed E-state index contributed by atoms with van der Waals surface area (Å²) in [7, 11) is 1.60. The zero-order valence-corrected chi connectivity index (χ0v) is 12.7. The normalized spacial score (nSPS) is 20.8. The first-order chi connectivity index (χ1) is 11.3. The van der Waals surface area contributed by atoms with Gasteiger partial charge in [0.2, 0.25) is 11.8 Å². The summed E-state index contributed by atoms with van der Waals surface area (Å²) in [6.07, 6.45) is 3.39. The van der Waals surface area contributed by atoms with Crippen molar-refractivity contribution in [2.75, 3.05) is 30.9 Å². The van der Waals surface area contributed by atoms with Crippen LogP contribution in [0.2, 0.25) is 0 Å². The molecule has 0 amide bonds. The van der Waals surface area contributed by atoms with Gasteiger partial charge in [-0.1, -0.05) is 6.07 Å². The molecule has 2 N–H and O–H groups in total. The Morgan fingerprint density at radius 3 is 3.04 bits per heavy atom. The topological polar surface area (TPSA) is 81.2 Å². The summed E-state index contributed by atoms with van der Waals surface area (Å²) >= 11 is 0. The number of hydrogen-bond donors (Lipinski definition) is 2. The number of halogens is 1. The molecule has 1 fully saturated rings. The van der Waals surface area contributed by atoms with Crippen LogP contribution in [0.5, 0.6) is 5.88 Å². The molecule has 0 aliphatic carbocycles. The molecule has 0 spiro atoms. The highest BCUT2D eigenvalue weighted by atomic mass is 19.1. The van der Waals surface area contributed by atoms with E-state index in [-0.39, 0.29) is 18.0 Å². The molecule has 0 radical (unpaired) electrons. The van der Waals surface area contributed by atoms with E-state index in [0.717, 1.165) is 6.20 Å². The third kappa shape index (κ3) is 3.84. The highest BCUT2D eigenvalue weighted by molar-refractivity contribution is 5.41. The molecule has 122 valence electrons. The van der Waals surface area contributed by atoms with Gasteiger partial charge in [0.1, 0.15) is 6.10 Å². The van der Waals surface area contributed by atoms with Gasteiger partial charge in [0.05, 0.1) is 25.5 Å². The van der Waals surface area contributed by atoms with Crippen LogP contribution < -0.4 is 15.4 Å². The maximum absolute atomic E-state index is 13.4.